The number of fused-ring (bicyclic) bond motifs is 1. The largest absolute Gasteiger partial charge is 0.569 e. The summed E-state index contributed by atoms with van der Waals surface area (Å²) in [6.45, 7) is 0. The van der Waals surface area contributed by atoms with Gasteiger partial charge in [0.25, 0.3) is 0 Å². The number of hydrogen-bond donors (Lipinski definition) is 1. The van der Waals surface area contributed by atoms with Gasteiger partial charge in [-0.1, -0.05) is 36.3 Å². The normalized spacial score (nSPS) is 17.5. The lowest BCUT2D eigenvalue weighted by molar-refractivity contribution is 0.457. The molecule has 0 aromatic heterocycles. The monoisotopic (exact) mass is 178 g/mol. The van der Waals surface area contributed by atoms with Crippen molar-refractivity contribution in [3.63, 3.8) is 0 Å². The number of benzene rings is 2. The van der Waals surface area contributed by atoms with Gasteiger partial charge in [-0.2, -0.15) is 0 Å². The van der Waals surface area contributed by atoms with Crippen LogP contribution in [0.5, 0.6) is 5.75 Å². The summed E-state index contributed by atoms with van der Waals surface area (Å²) in [6, 6.07) is -3.60. The maximum absolute atomic E-state index is 8.72. The van der Waals surface area contributed by atoms with Gasteiger partial charge in [0.15, 0.2) is 0 Å². The minimum atomic E-state index is -0.542. The van der Waals surface area contributed by atoms with E-state index >= 15 is 0 Å². The molecule has 2 rings (SSSR count). The van der Waals surface area contributed by atoms with Crippen molar-refractivity contribution < 1.29 is 19.3 Å². The van der Waals surface area contributed by atoms with Crippen molar-refractivity contribution in [3.8, 4) is 5.75 Å². The van der Waals surface area contributed by atoms with Crippen LogP contribution in [0.15, 0.2) is 42.3 Å². The Morgan fingerprint density at radius 1 is 1.15 bits per heavy atom. The van der Waals surface area contributed by atoms with E-state index in [1.165, 1.54) is 0 Å². The topological polar surface area (TPSA) is 29.5 Å². The van der Waals surface area contributed by atoms with Crippen LogP contribution in [0.3, 0.4) is 0 Å². The molecule has 63 valence electrons. The summed E-state index contributed by atoms with van der Waals surface area (Å²) in [5, 5.41) is 8.30. The maximum Gasteiger partial charge on any atom is 0.569 e. The van der Waals surface area contributed by atoms with Crippen molar-refractivity contribution in [3.05, 3.63) is 42.3 Å². The lowest BCUT2D eigenvalue weighted by Gasteiger charge is -2.05. The van der Waals surface area contributed by atoms with Gasteiger partial charge in [-0.3, -0.25) is 0 Å². The van der Waals surface area contributed by atoms with Crippen LogP contribution >= 0.6 is 0 Å². The van der Waals surface area contributed by atoms with E-state index in [2.05, 4.69) is 0 Å². The zero-order valence-electron chi connectivity index (χ0n) is 13.4. The van der Waals surface area contributed by atoms with Gasteiger partial charge in [-0.05, 0) is 11.4 Å². The summed E-state index contributed by atoms with van der Waals surface area (Å²) in [4.78, 5) is 0. The highest BCUT2D eigenvalue weighted by atomic mass is 16.5. The molecule has 0 heterocycles. The van der Waals surface area contributed by atoms with Gasteiger partial charge in [0, 0.05) is 5.39 Å². The van der Waals surface area contributed by atoms with E-state index < -0.39 is 42.3 Å². The molecule has 0 fully saturated rings. The summed E-state index contributed by atoms with van der Waals surface area (Å²) in [5.41, 5.74) is 0. The maximum atomic E-state index is 8.72. The van der Waals surface area contributed by atoms with E-state index in [-0.39, 0.29) is 24.2 Å². The van der Waals surface area contributed by atoms with Crippen LogP contribution in [0.25, 0.3) is 10.8 Å². The van der Waals surface area contributed by atoms with E-state index in [0.29, 0.717) is 0 Å². The van der Waals surface area contributed by atoms with Gasteiger partial charge in [0.1, 0.15) is 5.75 Å². The SMILES string of the molecule is [2H]c1c([2H])c([2H])c2c(O[B]O)c([2H])c([2H])c([2H])c2c1[2H]. The lowest BCUT2D eigenvalue weighted by Crippen LogP contribution is -1.99. The third kappa shape index (κ3) is 1.51. The molecule has 0 saturated heterocycles. The predicted molar refractivity (Wildman–Crippen MR) is 52.5 cm³/mol. The molecule has 2 aromatic rings. The molecule has 0 unspecified atom stereocenters. The molecule has 0 aliphatic heterocycles. The molecular formula is C10H8BO2. The van der Waals surface area contributed by atoms with E-state index in [9.17, 15) is 0 Å². The highest BCUT2D eigenvalue weighted by molar-refractivity contribution is 6.18. The first-order valence-corrected chi connectivity index (χ1v) is 3.45. The second-order valence-corrected chi connectivity index (χ2v) is 2.18. The van der Waals surface area contributed by atoms with E-state index in [4.69, 9.17) is 19.3 Å². The van der Waals surface area contributed by atoms with Crippen molar-refractivity contribution in [1.82, 2.24) is 0 Å². The Bertz CT molecular complexity index is 711. The van der Waals surface area contributed by atoms with Crippen LogP contribution in [0.4, 0.5) is 0 Å². The summed E-state index contributed by atoms with van der Waals surface area (Å²) in [6.07, 6.45) is 0. The minimum Gasteiger partial charge on any atom is -0.537 e. The molecule has 0 amide bonds. The second-order valence-electron chi connectivity index (χ2n) is 2.18. The van der Waals surface area contributed by atoms with Gasteiger partial charge < -0.3 is 9.68 Å². The number of rotatable bonds is 2. The zero-order valence-corrected chi connectivity index (χ0v) is 6.43. The smallest absolute Gasteiger partial charge is 0.537 e. The first kappa shape index (κ1) is 3.35. The van der Waals surface area contributed by atoms with Crippen LogP contribution < -0.4 is 4.65 Å². The lowest BCUT2D eigenvalue weighted by atomic mass is 10.1. The molecule has 1 N–H and O–H groups in total. The molecule has 3 heteroatoms. The molecule has 0 aliphatic rings. The Kier molecular flexibility index (Phi) is 0.901. The molecule has 0 spiro atoms. The summed E-state index contributed by atoms with van der Waals surface area (Å²) >= 11 is 0. The first-order chi connectivity index (χ1) is 9.32. The number of hydrogen-bond acceptors (Lipinski definition) is 2. The Morgan fingerprint density at radius 3 is 2.77 bits per heavy atom. The Morgan fingerprint density at radius 2 is 1.92 bits per heavy atom. The van der Waals surface area contributed by atoms with Crippen LogP contribution in [0.1, 0.15) is 9.60 Å². The van der Waals surface area contributed by atoms with Gasteiger partial charge in [0.05, 0.1) is 9.60 Å². The van der Waals surface area contributed by atoms with Gasteiger partial charge in [-0.15, -0.1) is 0 Å². The van der Waals surface area contributed by atoms with Gasteiger partial charge in [-0.25, -0.2) is 0 Å². The highest BCUT2D eigenvalue weighted by Crippen LogP contribution is 2.24. The molecule has 1 radical (unpaired) electrons. The second kappa shape index (κ2) is 3.50. The predicted octanol–water partition coefficient (Wildman–Crippen LogP) is 1.75. The fourth-order valence-corrected chi connectivity index (χ4v) is 0.931. The fourth-order valence-electron chi connectivity index (χ4n) is 0.931. The van der Waals surface area contributed by atoms with E-state index in [0.717, 1.165) is 0 Å². The van der Waals surface area contributed by atoms with Crippen LogP contribution in [-0.4, -0.2) is 12.7 Å². The van der Waals surface area contributed by atoms with Gasteiger partial charge in [0.2, 0.25) is 0 Å². The van der Waals surface area contributed by atoms with Crippen molar-refractivity contribution >= 4 is 18.5 Å². The third-order valence-corrected chi connectivity index (χ3v) is 1.45. The average molecular weight is 178 g/mol. The Balaban J connectivity index is 3.13. The molecule has 0 bridgehead atoms. The molecule has 13 heavy (non-hydrogen) atoms. The van der Waals surface area contributed by atoms with E-state index in [1.54, 1.807) is 0 Å². The first-order valence-electron chi connectivity index (χ1n) is 6.95. The molecule has 0 atom stereocenters. The Labute approximate surface area is 86.9 Å². The van der Waals surface area contributed by atoms with Crippen molar-refractivity contribution in [2.75, 3.05) is 0 Å². The molecule has 2 nitrogen and oxygen atoms in total. The van der Waals surface area contributed by atoms with Crippen molar-refractivity contribution in [2.45, 2.75) is 0 Å². The van der Waals surface area contributed by atoms with Crippen LogP contribution in [0, 0.1) is 0 Å². The van der Waals surface area contributed by atoms with E-state index in [1.807, 2.05) is 0 Å². The zero-order chi connectivity index (χ0) is 15.2. The molecular weight excluding hydrogens is 163 g/mol. The standard InChI is InChI=1S/C10H8BO2/c12-11-13-10-7-3-5-8-4-1-2-6-9(8)10/h1-7,12H/i1D,2D,3D,4D,5D,6D,7D. The highest BCUT2D eigenvalue weighted by Gasteiger charge is 1.99. The third-order valence-electron chi connectivity index (χ3n) is 1.45. The molecule has 0 saturated carbocycles. The van der Waals surface area contributed by atoms with Crippen molar-refractivity contribution in [1.29, 1.82) is 0 Å². The Hall–Kier alpha value is -1.48. The minimum absolute atomic E-state index is 0.202. The summed E-state index contributed by atoms with van der Waals surface area (Å²) < 4.78 is 58.6. The van der Waals surface area contributed by atoms with Crippen LogP contribution in [0.2, 0.25) is 0 Å². The van der Waals surface area contributed by atoms with Crippen LogP contribution in [-0.2, 0) is 0 Å². The summed E-state index contributed by atoms with van der Waals surface area (Å²) in [7, 11) is 0.261. The summed E-state index contributed by atoms with van der Waals surface area (Å²) in [5.74, 6) is -0.379. The van der Waals surface area contributed by atoms with Crippen molar-refractivity contribution in [2.24, 2.45) is 0 Å². The quantitative estimate of drug-likeness (QED) is 0.709. The molecule has 0 aliphatic carbocycles. The molecule has 2 aromatic carbocycles. The average Bonchev–Trinajstić information content (AvgIpc) is 2.43. The fraction of sp³-hybridized carbons (Fsp3) is 0. The van der Waals surface area contributed by atoms with Gasteiger partial charge >= 0.3 is 7.69 Å².